The SMILES string of the molecule is C=CCOc1ccc(/C=C2\C(=O)NN(c3ccc(C)c(C)c3)C2=O)cc1OC. The molecule has 6 nitrogen and oxygen atoms in total. The summed E-state index contributed by atoms with van der Waals surface area (Å²) in [5.41, 5.74) is 6.10. The molecular formula is C22H22N2O4. The van der Waals surface area contributed by atoms with Gasteiger partial charge in [-0.15, -0.1) is 0 Å². The van der Waals surface area contributed by atoms with E-state index in [1.54, 1.807) is 36.4 Å². The molecule has 0 aromatic heterocycles. The highest BCUT2D eigenvalue weighted by Gasteiger charge is 2.34. The fourth-order valence-corrected chi connectivity index (χ4v) is 2.81. The van der Waals surface area contributed by atoms with Gasteiger partial charge in [0.05, 0.1) is 12.8 Å². The van der Waals surface area contributed by atoms with E-state index in [-0.39, 0.29) is 5.57 Å². The Balaban J connectivity index is 1.89. The lowest BCUT2D eigenvalue weighted by molar-refractivity contribution is -0.117. The Morgan fingerprint density at radius 3 is 2.54 bits per heavy atom. The first-order chi connectivity index (χ1) is 13.4. The molecule has 1 heterocycles. The van der Waals surface area contributed by atoms with Crippen molar-refractivity contribution < 1.29 is 19.1 Å². The number of hydrogen-bond donors (Lipinski definition) is 1. The van der Waals surface area contributed by atoms with Crippen molar-refractivity contribution in [2.45, 2.75) is 13.8 Å². The molecule has 0 atom stereocenters. The van der Waals surface area contributed by atoms with Gasteiger partial charge in [0.2, 0.25) is 0 Å². The van der Waals surface area contributed by atoms with Crippen molar-refractivity contribution in [3.63, 3.8) is 0 Å². The average Bonchev–Trinajstić information content (AvgIpc) is 2.97. The minimum atomic E-state index is -0.450. The maximum Gasteiger partial charge on any atom is 0.282 e. The number of ether oxygens (including phenoxy) is 2. The molecule has 2 amide bonds. The molecule has 0 saturated carbocycles. The standard InChI is InChI=1S/C22H22N2O4/c1-5-10-28-19-9-7-16(13-20(19)27-4)12-18-21(25)23-24(22(18)26)17-8-6-14(2)15(3)11-17/h5-9,11-13H,1,10H2,2-4H3,(H,23,25)/b18-12+. The molecule has 0 bridgehead atoms. The van der Waals surface area contributed by atoms with Gasteiger partial charge in [-0.05, 0) is 60.9 Å². The van der Waals surface area contributed by atoms with Crippen molar-refractivity contribution in [3.05, 3.63) is 71.3 Å². The molecule has 0 radical (unpaired) electrons. The van der Waals surface area contributed by atoms with Crippen molar-refractivity contribution in [3.8, 4) is 11.5 Å². The van der Waals surface area contributed by atoms with E-state index in [1.165, 1.54) is 12.1 Å². The number of benzene rings is 2. The summed E-state index contributed by atoms with van der Waals surface area (Å²) in [7, 11) is 1.53. The highest BCUT2D eigenvalue weighted by Crippen LogP contribution is 2.30. The molecule has 0 aliphatic carbocycles. The number of anilines is 1. The van der Waals surface area contributed by atoms with E-state index in [4.69, 9.17) is 9.47 Å². The second-order valence-electron chi connectivity index (χ2n) is 6.42. The Morgan fingerprint density at radius 1 is 1.07 bits per heavy atom. The predicted molar refractivity (Wildman–Crippen MR) is 108 cm³/mol. The third-order valence-electron chi connectivity index (χ3n) is 4.50. The minimum Gasteiger partial charge on any atom is -0.493 e. The number of methoxy groups -OCH3 is 1. The third-order valence-corrected chi connectivity index (χ3v) is 4.50. The van der Waals surface area contributed by atoms with Crippen LogP contribution in [0.5, 0.6) is 11.5 Å². The molecule has 28 heavy (non-hydrogen) atoms. The van der Waals surface area contributed by atoms with Crippen molar-refractivity contribution in [1.82, 2.24) is 5.43 Å². The summed E-state index contributed by atoms with van der Waals surface area (Å²) in [6, 6.07) is 10.8. The molecule has 2 aromatic rings. The largest absolute Gasteiger partial charge is 0.493 e. The monoisotopic (exact) mass is 378 g/mol. The Bertz CT molecular complexity index is 978. The molecule has 2 aromatic carbocycles. The predicted octanol–water partition coefficient (Wildman–Crippen LogP) is 3.34. The second-order valence-corrected chi connectivity index (χ2v) is 6.42. The fourth-order valence-electron chi connectivity index (χ4n) is 2.81. The molecule has 3 rings (SSSR count). The number of amides is 2. The normalized spacial score (nSPS) is 15.0. The van der Waals surface area contributed by atoms with Crippen LogP contribution in [0.3, 0.4) is 0 Å². The van der Waals surface area contributed by atoms with Crippen molar-refractivity contribution >= 4 is 23.6 Å². The number of hydrogen-bond acceptors (Lipinski definition) is 4. The number of nitrogens with zero attached hydrogens (tertiary/aromatic N) is 1. The maximum absolute atomic E-state index is 12.8. The molecule has 1 aliphatic rings. The Morgan fingerprint density at radius 2 is 1.86 bits per heavy atom. The number of carbonyl (C=O) groups is 2. The van der Waals surface area contributed by atoms with Crippen LogP contribution >= 0.6 is 0 Å². The highest BCUT2D eigenvalue weighted by atomic mass is 16.5. The van der Waals surface area contributed by atoms with Gasteiger partial charge in [0.25, 0.3) is 11.8 Å². The second kappa shape index (κ2) is 8.00. The van der Waals surface area contributed by atoms with Crippen molar-refractivity contribution in [2.75, 3.05) is 18.7 Å². The molecule has 144 valence electrons. The summed E-state index contributed by atoms with van der Waals surface area (Å²) in [6.45, 7) is 7.91. The van der Waals surface area contributed by atoms with E-state index >= 15 is 0 Å². The van der Waals surface area contributed by atoms with Crippen LogP contribution < -0.4 is 19.9 Å². The molecule has 0 spiro atoms. The minimum absolute atomic E-state index is 0.0556. The zero-order valence-corrected chi connectivity index (χ0v) is 16.1. The van der Waals surface area contributed by atoms with Crippen LogP contribution in [0.4, 0.5) is 5.69 Å². The molecule has 6 heteroatoms. The number of nitrogens with one attached hydrogen (secondary N) is 1. The van der Waals surface area contributed by atoms with Crippen LogP contribution in [0.25, 0.3) is 6.08 Å². The maximum atomic E-state index is 12.8. The van der Waals surface area contributed by atoms with Gasteiger partial charge in [0.15, 0.2) is 11.5 Å². The quantitative estimate of drug-likeness (QED) is 0.476. The first-order valence-electron chi connectivity index (χ1n) is 8.80. The van der Waals surface area contributed by atoms with Gasteiger partial charge < -0.3 is 9.47 Å². The Kier molecular flexibility index (Phi) is 5.49. The fraction of sp³-hybridized carbons (Fsp3) is 0.182. The van der Waals surface area contributed by atoms with Crippen molar-refractivity contribution in [1.29, 1.82) is 0 Å². The summed E-state index contributed by atoms with van der Waals surface area (Å²) in [5, 5.41) is 1.26. The highest BCUT2D eigenvalue weighted by molar-refractivity contribution is 6.31. The molecular weight excluding hydrogens is 356 g/mol. The zero-order chi connectivity index (χ0) is 20.3. The van der Waals surface area contributed by atoms with Crippen LogP contribution in [0.2, 0.25) is 0 Å². The number of aryl methyl sites for hydroxylation is 2. The first kappa shape index (κ1) is 19.2. The van der Waals surface area contributed by atoms with Crippen LogP contribution in [-0.2, 0) is 9.59 Å². The van der Waals surface area contributed by atoms with Gasteiger partial charge in [-0.2, -0.15) is 0 Å². The molecule has 0 unspecified atom stereocenters. The molecule has 1 aliphatic heterocycles. The Labute approximate surface area is 164 Å². The summed E-state index contributed by atoms with van der Waals surface area (Å²) >= 11 is 0. The molecule has 1 N–H and O–H groups in total. The lowest BCUT2D eigenvalue weighted by Crippen LogP contribution is -2.35. The summed E-state index contributed by atoms with van der Waals surface area (Å²) in [5.74, 6) is 0.213. The topological polar surface area (TPSA) is 67.9 Å². The number of hydrazine groups is 1. The number of carbonyl (C=O) groups excluding carboxylic acids is 2. The summed E-state index contributed by atoms with van der Waals surface area (Å²) in [6.07, 6.45) is 3.18. The van der Waals surface area contributed by atoms with Crippen LogP contribution in [0, 0.1) is 13.8 Å². The smallest absolute Gasteiger partial charge is 0.282 e. The zero-order valence-electron chi connectivity index (χ0n) is 16.1. The average molecular weight is 378 g/mol. The first-order valence-corrected chi connectivity index (χ1v) is 8.80. The van der Waals surface area contributed by atoms with Crippen LogP contribution in [-0.4, -0.2) is 25.5 Å². The van der Waals surface area contributed by atoms with E-state index in [2.05, 4.69) is 12.0 Å². The van der Waals surface area contributed by atoms with Gasteiger partial charge in [-0.25, -0.2) is 5.01 Å². The van der Waals surface area contributed by atoms with Crippen LogP contribution in [0.15, 0.2) is 54.6 Å². The lowest BCUT2D eigenvalue weighted by Gasteiger charge is -2.16. The van der Waals surface area contributed by atoms with E-state index < -0.39 is 11.8 Å². The summed E-state index contributed by atoms with van der Waals surface area (Å²) < 4.78 is 10.9. The van der Waals surface area contributed by atoms with Crippen LogP contribution in [0.1, 0.15) is 16.7 Å². The molecule has 1 saturated heterocycles. The Hall–Kier alpha value is -3.54. The van der Waals surface area contributed by atoms with E-state index in [0.717, 1.165) is 11.1 Å². The van der Waals surface area contributed by atoms with Gasteiger partial charge >= 0.3 is 0 Å². The van der Waals surface area contributed by atoms with Gasteiger partial charge in [0, 0.05) is 0 Å². The van der Waals surface area contributed by atoms with E-state index in [9.17, 15) is 9.59 Å². The van der Waals surface area contributed by atoms with Gasteiger partial charge in [0.1, 0.15) is 12.2 Å². The van der Waals surface area contributed by atoms with Crippen molar-refractivity contribution in [2.24, 2.45) is 0 Å². The van der Waals surface area contributed by atoms with E-state index in [1.807, 2.05) is 26.0 Å². The number of rotatable bonds is 6. The van der Waals surface area contributed by atoms with Gasteiger partial charge in [-0.1, -0.05) is 24.8 Å². The third kappa shape index (κ3) is 3.76. The van der Waals surface area contributed by atoms with Gasteiger partial charge in [-0.3, -0.25) is 15.0 Å². The summed E-state index contributed by atoms with van der Waals surface area (Å²) in [4.78, 5) is 25.2. The van der Waals surface area contributed by atoms with E-state index in [0.29, 0.717) is 29.4 Å². The molecule has 1 fully saturated rings. The lowest BCUT2D eigenvalue weighted by atomic mass is 10.1.